The molecule has 0 saturated heterocycles. The highest BCUT2D eigenvalue weighted by Gasteiger charge is 2.29. The summed E-state index contributed by atoms with van der Waals surface area (Å²) in [7, 11) is 1.63. The van der Waals surface area contributed by atoms with E-state index in [0.29, 0.717) is 31.1 Å². The Morgan fingerprint density at radius 1 is 1.12 bits per heavy atom. The van der Waals surface area contributed by atoms with Gasteiger partial charge in [-0.2, -0.15) is 0 Å². The van der Waals surface area contributed by atoms with Crippen LogP contribution in [0.3, 0.4) is 0 Å². The van der Waals surface area contributed by atoms with E-state index in [1.165, 1.54) is 4.90 Å². The number of rotatable bonds is 15. The van der Waals surface area contributed by atoms with Gasteiger partial charge in [-0.3, -0.25) is 9.59 Å². The zero-order valence-electron chi connectivity index (χ0n) is 23.5. The second kappa shape index (κ2) is 18.3. The van der Waals surface area contributed by atoms with Crippen LogP contribution in [0.25, 0.3) is 0 Å². The molecule has 0 heterocycles. The first-order chi connectivity index (χ1) is 19.2. The second-order valence-corrected chi connectivity index (χ2v) is 10.6. The summed E-state index contributed by atoms with van der Waals surface area (Å²) in [6.45, 7) is 2.79. The van der Waals surface area contributed by atoms with Gasteiger partial charge in [-0.25, -0.2) is 9.59 Å². The lowest BCUT2D eigenvalue weighted by Gasteiger charge is -2.27. The molecule has 0 radical (unpaired) electrons. The number of hydrogen-bond acceptors (Lipinski definition) is 6. The maximum atomic E-state index is 13.2. The minimum atomic E-state index is -1.02. The Balaban J connectivity index is 1.88. The first-order valence-corrected chi connectivity index (χ1v) is 14.4. The average molecular weight is 582 g/mol. The summed E-state index contributed by atoms with van der Waals surface area (Å²) in [6, 6.07) is 6.11. The van der Waals surface area contributed by atoms with E-state index >= 15 is 0 Å². The van der Waals surface area contributed by atoms with Crippen LogP contribution < -0.4 is 21.3 Å². The van der Waals surface area contributed by atoms with Gasteiger partial charge >= 0.3 is 12.1 Å². The van der Waals surface area contributed by atoms with E-state index in [-0.39, 0.29) is 43.8 Å². The third-order valence-corrected chi connectivity index (χ3v) is 7.14. The van der Waals surface area contributed by atoms with Gasteiger partial charge in [0.05, 0.1) is 12.6 Å². The van der Waals surface area contributed by atoms with Crippen molar-refractivity contribution in [1.29, 1.82) is 0 Å². The molecule has 0 unspecified atom stereocenters. The van der Waals surface area contributed by atoms with E-state index < -0.39 is 24.1 Å². The largest absolute Gasteiger partial charge is 0.436 e. The molecule has 11 nitrogen and oxygen atoms in total. The van der Waals surface area contributed by atoms with E-state index in [1.807, 2.05) is 13.0 Å². The third-order valence-electron chi connectivity index (χ3n) is 6.91. The normalized spacial score (nSPS) is 14.9. The summed E-state index contributed by atoms with van der Waals surface area (Å²) < 4.78 is 5.57. The number of nitrogens with one attached hydrogen (secondary N) is 4. The molecule has 40 heavy (non-hydrogen) atoms. The number of nitrogens with zero attached hydrogens (tertiary/aromatic N) is 1. The summed E-state index contributed by atoms with van der Waals surface area (Å²) in [4.78, 5) is 51.3. The number of aliphatic hydroxyl groups excluding tert-OH is 1. The van der Waals surface area contributed by atoms with Gasteiger partial charge < -0.3 is 36.0 Å². The number of hydrogen-bond donors (Lipinski definition) is 5. The lowest BCUT2D eigenvalue weighted by Crippen LogP contribution is -2.47. The van der Waals surface area contributed by atoms with Crippen molar-refractivity contribution >= 4 is 35.5 Å². The monoisotopic (exact) mass is 581 g/mol. The Hall–Kier alpha value is -3.05. The van der Waals surface area contributed by atoms with Crippen LogP contribution in [0.2, 0.25) is 5.02 Å². The third kappa shape index (κ3) is 12.9. The minimum absolute atomic E-state index is 0.0947. The molecule has 0 bridgehead atoms. The predicted octanol–water partition coefficient (Wildman–Crippen LogP) is 2.94. The maximum absolute atomic E-state index is 13.2. The summed E-state index contributed by atoms with van der Waals surface area (Å²) in [5.41, 5.74) is 0.799. The number of carbonyl (C=O) groups excluding carboxylic acids is 4. The van der Waals surface area contributed by atoms with E-state index in [0.717, 1.165) is 37.7 Å². The fourth-order valence-electron chi connectivity index (χ4n) is 4.60. The van der Waals surface area contributed by atoms with Gasteiger partial charge in [0.15, 0.2) is 6.10 Å². The molecule has 1 aliphatic rings. The van der Waals surface area contributed by atoms with Crippen LogP contribution in [-0.2, 0) is 20.9 Å². The quantitative estimate of drug-likeness (QED) is 0.215. The number of carbonyl (C=O) groups is 4. The summed E-state index contributed by atoms with van der Waals surface area (Å²) in [6.07, 6.45) is 4.22. The smallest absolute Gasteiger partial charge is 0.408 e. The van der Waals surface area contributed by atoms with Crippen molar-refractivity contribution in [2.24, 2.45) is 5.92 Å². The van der Waals surface area contributed by atoms with Crippen LogP contribution in [0.1, 0.15) is 63.9 Å². The molecule has 0 aromatic heterocycles. The van der Waals surface area contributed by atoms with Crippen LogP contribution in [0.5, 0.6) is 0 Å². The van der Waals surface area contributed by atoms with E-state index in [4.69, 9.17) is 16.3 Å². The van der Waals surface area contributed by atoms with Gasteiger partial charge in [-0.05, 0) is 43.4 Å². The van der Waals surface area contributed by atoms with Gasteiger partial charge in [-0.1, -0.05) is 55.8 Å². The number of alkyl carbamates (subject to hydrolysis) is 1. The molecule has 2 atom stereocenters. The number of amides is 5. The Labute approximate surface area is 241 Å². The number of aliphatic hydroxyl groups is 1. The lowest BCUT2D eigenvalue weighted by molar-refractivity contribution is -0.133. The van der Waals surface area contributed by atoms with Gasteiger partial charge in [0.2, 0.25) is 5.91 Å². The molecular formula is C28H44ClN5O6. The Morgan fingerprint density at radius 2 is 1.88 bits per heavy atom. The first-order valence-electron chi connectivity index (χ1n) is 14.1. The molecule has 1 fully saturated rings. The molecule has 12 heteroatoms. The molecule has 2 rings (SSSR count). The SMILES string of the molecule is CCNC(=O)NCCN(C)C(=O)CC[C@@H](CO)NC(=O)[C@H](CC1CCCCC1)OC(=O)NCc1cccc(Cl)c1. The fourth-order valence-corrected chi connectivity index (χ4v) is 4.82. The van der Waals surface area contributed by atoms with Crippen molar-refractivity contribution in [2.45, 2.75) is 77.0 Å². The molecule has 5 N–H and O–H groups in total. The summed E-state index contributed by atoms with van der Waals surface area (Å²) >= 11 is 6.00. The minimum Gasteiger partial charge on any atom is -0.436 e. The molecule has 224 valence electrons. The second-order valence-electron chi connectivity index (χ2n) is 10.1. The molecular weight excluding hydrogens is 538 g/mol. The van der Waals surface area contributed by atoms with Crippen molar-refractivity contribution in [3.8, 4) is 0 Å². The highest BCUT2D eigenvalue weighted by Crippen LogP contribution is 2.28. The van der Waals surface area contributed by atoms with Crippen LogP contribution in [0.4, 0.5) is 9.59 Å². The molecule has 5 amide bonds. The molecule has 0 aliphatic heterocycles. The van der Waals surface area contributed by atoms with Crippen LogP contribution >= 0.6 is 11.6 Å². The van der Waals surface area contributed by atoms with E-state index in [9.17, 15) is 24.3 Å². The van der Waals surface area contributed by atoms with Crippen LogP contribution in [0, 0.1) is 5.92 Å². The standard InChI is InChI=1S/C28H44ClN5O6/c1-3-30-27(38)31-14-15-34(2)25(36)13-12-23(19-35)33-26(37)24(17-20-8-5-4-6-9-20)40-28(39)32-18-21-10-7-11-22(29)16-21/h7,10-11,16,20,23-24,35H,3-6,8-9,12-15,17-19H2,1-2H3,(H,32,39)(H,33,37)(H2,30,31,38)/t23-,24-/m0/s1. The topological polar surface area (TPSA) is 149 Å². The molecule has 1 aromatic carbocycles. The Morgan fingerprint density at radius 3 is 2.55 bits per heavy atom. The lowest BCUT2D eigenvalue weighted by atomic mass is 9.85. The van der Waals surface area contributed by atoms with Gasteiger partial charge in [0.1, 0.15) is 0 Å². The van der Waals surface area contributed by atoms with Gasteiger partial charge in [0, 0.05) is 44.7 Å². The summed E-state index contributed by atoms with van der Waals surface area (Å²) in [5, 5.41) is 21.1. The van der Waals surface area contributed by atoms with Gasteiger partial charge in [-0.15, -0.1) is 0 Å². The average Bonchev–Trinajstić information content (AvgIpc) is 2.94. The van der Waals surface area contributed by atoms with Crippen molar-refractivity contribution in [3.05, 3.63) is 34.9 Å². The highest BCUT2D eigenvalue weighted by molar-refractivity contribution is 6.30. The number of halogens is 1. The van der Waals surface area contributed by atoms with Crippen LogP contribution in [-0.4, -0.2) is 79.4 Å². The number of ether oxygens (including phenoxy) is 1. The van der Waals surface area contributed by atoms with E-state index in [1.54, 1.807) is 25.2 Å². The van der Waals surface area contributed by atoms with Crippen LogP contribution in [0.15, 0.2) is 24.3 Å². The fraction of sp³-hybridized carbons (Fsp3) is 0.643. The predicted molar refractivity (Wildman–Crippen MR) is 153 cm³/mol. The number of likely N-dealkylation sites (N-methyl/N-ethyl adjacent to an activating group) is 1. The zero-order chi connectivity index (χ0) is 29.3. The van der Waals surface area contributed by atoms with Crippen molar-refractivity contribution in [2.75, 3.05) is 33.3 Å². The highest BCUT2D eigenvalue weighted by atomic mass is 35.5. The molecule has 0 spiro atoms. The molecule has 1 saturated carbocycles. The molecule has 1 aromatic rings. The number of urea groups is 1. The van der Waals surface area contributed by atoms with Crippen molar-refractivity contribution in [3.63, 3.8) is 0 Å². The first kappa shape index (κ1) is 33.2. The summed E-state index contributed by atoms with van der Waals surface area (Å²) in [5.74, 6) is -0.406. The van der Waals surface area contributed by atoms with Crippen molar-refractivity contribution in [1.82, 2.24) is 26.2 Å². The Kier molecular flexibility index (Phi) is 15.2. The zero-order valence-corrected chi connectivity index (χ0v) is 24.3. The maximum Gasteiger partial charge on any atom is 0.408 e. The number of benzene rings is 1. The van der Waals surface area contributed by atoms with Crippen molar-refractivity contribution < 1.29 is 29.0 Å². The van der Waals surface area contributed by atoms with E-state index in [2.05, 4.69) is 21.3 Å². The Bertz CT molecular complexity index is 959. The van der Waals surface area contributed by atoms with Gasteiger partial charge in [0.25, 0.3) is 5.91 Å². The molecule has 1 aliphatic carbocycles.